The lowest BCUT2D eigenvalue weighted by atomic mass is 10.0. The van der Waals surface area contributed by atoms with Crippen molar-refractivity contribution in [2.75, 3.05) is 20.1 Å². The predicted molar refractivity (Wildman–Crippen MR) is 153 cm³/mol. The molecule has 0 saturated heterocycles. The van der Waals surface area contributed by atoms with Gasteiger partial charge in [0.05, 0.1) is 11.4 Å². The number of likely N-dealkylation sites (N-methyl/N-ethyl adjacent to an activating group) is 1. The van der Waals surface area contributed by atoms with Gasteiger partial charge >= 0.3 is 0 Å². The predicted octanol–water partition coefficient (Wildman–Crippen LogP) is 4.54. The van der Waals surface area contributed by atoms with E-state index in [0.29, 0.717) is 13.0 Å². The summed E-state index contributed by atoms with van der Waals surface area (Å²) in [5.74, 6) is -0.733. The number of nitrogens with one attached hydrogen (secondary N) is 1. The molecule has 9 heteroatoms. The fourth-order valence-electron chi connectivity index (χ4n) is 3.96. The third kappa shape index (κ3) is 7.99. The molecule has 0 bridgehead atoms. The minimum absolute atomic E-state index is 0.111. The second kappa shape index (κ2) is 13.7. The molecule has 1 atom stereocenters. The first-order valence-electron chi connectivity index (χ1n) is 12.5. The van der Waals surface area contributed by atoms with Gasteiger partial charge in [0.25, 0.3) is 0 Å². The molecular weight excluding hydrogens is 566 g/mol. The summed E-state index contributed by atoms with van der Waals surface area (Å²) in [7, 11) is -2.52. The Morgan fingerprint density at radius 2 is 1.55 bits per heavy atom. The van der Waals surface area contributed by atoms with Gasteiger partial charge in [0.15, 0.2) is 0 Å². The Kier molecular flexibility index (Phi) is 10.6. The minimum atomic E-state index is -3.90. The van der Waals surface area contributed by atoms with Crippen LogP contribution in [0.25, 0.3) is 0 Å². The van der Waals surface area contributed by atoms with Crippen molar-refractivity contribution in [3.63, 3.8) is 0 Å². The Hall–Kier alpha value is -3.01. The van der Waals surface area contributed by atoms with Gasteiger partial charge in [0.2, 0.25) is 21.8 Å². The summed E-state index contributed by atoms with van der Waals surface area (Å²) in [4.78, 5) is 28.8. The summed E-state index contributed by atoms with van der Waals surface area (Å²) < 4.78 is 28.3. The smallest absolute Gasteiger partial charge is 0.243 e. The molecule has 0 radical (unpaired) electrons. The topological polar surface area (TPSA) is 86.8 Å². The van der Waals surface area contributed by atoms with Gasteiger partial charge in [-0.1, -0.05) is 83.0 Å². The van der Waals surface area contributed by atoms with E-state index < -0.39 is 28.5 Å². The van der Waals surface area contributed by atoms with Gasteiger partial charge in [-0.05, 0) is 48.7 Å². The second-order valence-corrected chi connectivity index (χ2v) is 12.2. The Labute approximate surface area is 234 Å². The van der Waals surface area contributed by atoms with E-state index >= 15 is 0 Å². The molecule has 3 aromatic rings. The fraction of sp³-hybridized carbons (Fsp3) is 0.310. The van der Waals surface area contributed by atoms with Crippen LogP contribution in [-0.4, -0.2) is 55.6 Å². The van der Waals surface area contributed by atoms with Crippen molar-refractivity contribution in [3.05, 3.63) is 100 Å². The highest BCUT2D eigenvalue weighted by atomic mass is 79.9. The number of benzene rings is 3. The van der Waals surface area contributed by atoms with Gasteiger partial charge in [-0.15, -0.1) is 0 Å². The zero-order chi connectivity index (χ0) is 27.7. The number of amides is 2. The van der Waals surface area contributed by atoms with Crippen molar-refractivity contribution in [2.24, 2.45) is 0 Å². The Morgan fingerprint density at radius 1 is 0.921 bits per heavy atom. The van der Waals surface area contributed by atoms with Gasteiger partial charge in [-0.3, -0.25) is 9.59 Å². The number of hydrogen-bond donors (Lipinski definition) is 1. The fourth-order valence-corrected chi connectivity index (χ4v) is 5.35. The number of aryl methyl sites for hydroxylation is 1. The molecule has 38 heavy (non-hydrogen) atoms. The zero-order valence-electron chi connectivity index (χ0n) is 21.9. The average molecular weight is 601 g/mol. The first-order valence-corrected chi connectivity index (χ1v) is 14.7. The summed E-state index contributed by atoms with van der Waals surface area (Å²) in [6.07, 6.45) is 1.05. The molecule has 0 aliphatic carbocycles. The van der Waals surface area contributed by atoms with Crippen LogP contribution in [0.2, 0.25) is 0 Å². The molecule has 0 aliphatic rings. The monoisotopic (exact) mass is 599 g/mol. The molecule has 0 spiro atoms. The van der Waals surface area contributed by atoms with Crippen LogP contribution in [0.4, 0.5) is 0 Å². The normalized spacial score (nSPS) is 12.2. The molecule has 3 rings (SSSR count). The van der Waals surface area contributed by atoms with Gasteiger partial charge in [-0.25, -0.2) is 8.42 Å². The maximum atomic E-state index is 13.8. The van der Waals surface area contributed by atoms with Crippen LogP contribution in [0, 0.1) is 6.92 Å². The number of rotatable bonds is 12. The van der Waals surface area contributed by atoms with Crippen LogP contribution in [0.1, 0.15) is 30.0 Å². The minimum Gasteiger partial charge on any atom is -0.354 e. The van der Waals surface area contributed by atoms with E-state index in [1.165, 1.54) is 24.1 Å². The number of carbonyl (C=O) groups is 2. The van der Waals surface area contributed by atoms with Gasteiger partial charge < -0.3 is 10.2 Å². The Bertz CT molecular complexity index is 1310. The molecule has 0 fully saturated rings. The van der Waals surface area contributed by atoms with E-state index in [2.05, 4.69) is 21.2 Å². The summed E-state index contributed by atoms with van der Waals surface area (Å²) in [6.45, 7) is 4.06. The number of carbonyl (C=O) groups excluding carboxylic acids is 2. The molecule has 2 amide bonds. The highest BCUT2D eigenvalue weighted by Crippen LogP contribution is 2.19. The summed E-state index contributed by atoms with van der Waals surface area (Å²) in [5.41, 5.74) is 2.66. The Morgan fingerprint density at radius 3 is 2.16 bits per heavy atom. The molecule has 1 unspecified atom stereocenters. The number of halogens is 1. The van der Waals surface area contributed by atoms with Crippen LogP contribution in [-0.2, 0) is 32.6 Å². The van der Waals surface area contributed by atoms with E-state index in [1.54, 1.807) is 12.1 Å². The van der Waals surface area contributed by atoms with E-state index in [9.17, 15) is 18.0 Å². The molecule has 3 aromatic carbocycles. The molecule has 0 aliphatic heterocycles. The first kappa shape index (κ1) is 29.5. The van der Waals surface area contributed by atoms with Crippen LogP contribution in [0.3, 0.4) is 0 Å². The molecule has 0 saturated carbocycles. The molecule has 7 nitrogen and oxygen atoms in total. The van der Waals surface area contributed by atoms with Crippen molar-refractivity contribution >= 4 is 37.8 Å². The summed E-state index contributed by atoms with van der Waals surface area (Å²) in [6, 6.07) is 22.7. The zero-order valence-corrected chi connectivity index (χ0v) is 24.3. The summed E-state index contributed by atoms with van der Waals surface area (Å²) in [5, 5.41) is 2.93. The average Bonchev–Trinajstić information content (AvgIpc) is 2.91. The van der Waals surface area contributed by atoms with E-state index in [0.717, 1.165) is 31.9 Å². The van der Waals surface area contributed by atoms with E-state index in [4.69, 9.17) is 0 Å². The lowest BCUT2D eigenvalue weighted by Gasteiger charge is -2.32. The number of hydrogen-bond acceptors (Lipinski definition) is 4. The number of nitrogens with zero attached hydrogens (tertiary/aromatic N) is 2. The third-order valence-corrected chi connectivity index (χ3v) is 8.52. The van der Waals surface area contributed by atoms with Crippen molar-refractivity contribution in [1.29, 1.82) is 0 Å². The van der Waals surface area contributed by atoms with Crippen molar-refractivity contribution in [1.82, 2.24) is 14.5 Å². The maximum absolute atomic E-state index is 13.8. The van der Waals surface area contributed by atoms with Crippen LogP contribution in [0.5, 0.6) is 0 Å². The van der Waals surface area contributed by atoms with Crippen LogP contribution in [0.15, 0.2) is 88.2 Å². The lowest BCUT2D eigenvalue weighted by Crippen LogP contribution is -2.53. The van der Waals surface area contributed by atoms with E-state index in [-0.39, 0.29) is 17.3 Å². The highest BCUT2D eigenvalue weighted by Gasteiger charge is 2.32. The molecule has 0 aromatic heterocycles. The Balaban J connectivity index is 1.95. The van der Waals surface area contributed by atoms with Gasteiger partial charge in [0.1, 0.15) is 6.04 Å². The quantitative estimate of drug-likeness (QED) is 0.331. The molecule has 1 N–H and O–H groups in total. The SMILES string of the molecule is CCCNC(=O)C(Cc1ccccc1)N(Cc1ccc(Br)cc1)C(=O)CN(C)S(=O)(=O)c1ccc(C)cc1. The third-order valence-electron chi connectivity index (χ3n) is 6.17. The maximum Gasteiger partial charge on any atom is 0.243 e. The molecule has 202 valence electrons. The number of sulfonamides is 1. The van der Waals surface area contributed by atoms with Crippen molar-refractivity contribution in [2.45, 2.75) is 44.2 Å². The molecular formula is C29H34BrN3O4S. The van der Waals surface area contributed by atoms with Gasteiger partial charge in [0, 0.05) is 31.0 Å². The van der Waals surface area contributed by atoms with Crippen LogP contribution < -0.4 is 5.32 Å². The summed E-state index contributed by atoms with van der Waals surface area (Å²) >= 11 is 3.43. The molecule has 0 heterocycles. The lowest BCUT2D eigenvalue weighted by molar-refractivity contribution is -0.141. The van der Waals surface area contributed by atoms with Crippen molar-refractivity contribution < 1.29 is 18.0 Å². The second-order valence-electron chi connectivity index (χ2n) is 9.22. The van der Waals surface area contributed by atoms with Crippen LogP contribution >= 0.6 is 15.9 Å². The van der Waals surface area contributed by atoms with Gasteiger partial charge in [-0.2, -0.15) is 4.31 Å². The first-order chi connectivity index (χ1) is 18.1. The van der Waals surface area contributed by atoms with Crippen molar-refractivity contribution in [3.8, 4) is 0 Å². The van der Waals surface area contributed by atoms with E-state index in [1.807, 2.05) is 68.4 Å². The highest BCUT2D eigenvalue weighted by molar-refractivity contribution is 9.10. The standard InChI is InChI=1S/C29H34BrN3O4S/c1-4-18-31-29(35)27(19-23-8-6-5-7-9-23)33(20-24-12-14-25(30)15-13-24)28(34)21-32(3)38(36,37)26-16-10-22(2)11-17-26/h5-17,27H,4,18-21H2,1-3H3,(H,31,35). The largest absolute Gasteiger partial charge is 0.354 e.